The highest BCUT2D eigenvalue weighted by atomic mass is 16.1. The van der Waals surface area contributed by atoms with Crippen molar-refractivity contribution in [1.29, 1.82) is 0 Å². The standard InChI is InChI=1S/C18H23N5O/c24-18(14-10-21-23-17(14)12-5-2-1-3-6-12)20-11-16-19-9-13-7-4-8-15(13)22-16/h9-10,12H,1-8,11H2,(H,20,24)(H,21,23). The molecule has 24 heavy (non-hydrogen) atoms. The van der Waals surface area contributed by atoms with Crippen molar-refractivity contribution < 1.29 is 4.79 Å². The molecule has 0 radical (unpaired) electrons. The fourth-order valence-electron chi connectivity index (χ4n) is 3.87. The van der Waals surface area contributed by atoms with Crippen LogP contribution in [0.2, 0.25) is 0 Å². The molecule has 2 aromatic rings. The van der Waals surface area contributed by atoms with Gasteiger partial charge in [0, 0.05) is 17.8 Å². The minimum absolute atomic E-state index is 0.0894. The Hall–Kier alpha value is -2.24. The van der Waals surface area contributed by atoms with Gasteiger partial charge in [0.15, 0.2) is 0 Å². The number of aromatic nitrogens is 4. The van der Waals surface area contributed by atoms with Gasteiger partial charge in [-0.3, -0.25) is 9.89 Å². The molecule has 0 bridgehead atoms. The molecule has 2 heterocycles. The zero-order valence-corrected chi connectivity index (χ0v) is 13.8. The molecule has 0 atom stereocenters. The summed E-state index contributed by atoms with van der Waals surface area (Å²) >= 11 is 0. The number of hydrogen-bond acceptors (Lipinski definition) is 4. The van der Waals surface area contributed by atoms with Crippen LogP contribution in [0, 0.1) is 0 Å². The molecule has 0 saturated heterocycles. The highest BCUT2D eigenvalue weighted by Gasteiger charge is 2.23. The fraction of sp³-hybridized carbons (Fsp3) is 0.556. The molecular formula is C18H23N5O. The molecule has 4 rings (SSSR count). The van der Waals surface area contributed by atoms with Crippen molar-refractivity contribution in [2.45, 2.75) is 63.8 Å². The van der Waals surface area contributed by atoms with Gasteiger partial charge in [-0.25, -0.2) is 9.97 Å². The van der Waals surface area contributed by atoms with Crippen LogP contribution in [0.25, 0.3) is 0 Å². The predicted octanol–water partition coefficient (Wildman–Crippen LogP) is 2.67. The van der Waals surface area contributed by atoms with E-state index in [0.717, 1.165) is 43.5 Å². The molecule has 6 nitrogen and oxygen atoms in total. The number of carbonyl (C=O) groups excluding carboxylic acids is 1. The Morgan fingerprint density at radius 1 is 1.17 bits per heavy atom. The molecule has 0 aromatic carbocycles. The zero-order chi connectivity index (χ0) is 16.4. The lowest BCUT2D eigenvalue weighted by Gasteiger charge is -2.21. The maximum Gasteiger partial charge on any atom is 0.255 e. The smallest absolute Gasteiger partial charge is 0.255 e. The molecule has 2 aromatic heterocycles. The van der Waals surface area contributed by atoms with Crippen molar-refractivity contribution in [2.24, 2.45) is 0 Å². The third kappa shape index (κ3) is 3.05. The number of H-pyrrole nitrogens is 1. The maximum atomic E-state index is 12.5. The molecule has 2 N–H and O–H groups in total. The third-order valence-corrected chi connectivity index (χ3v) is 5.20. The summed E-state index contributed by atoms with van der Waals surface area (Å²) in [6.45, 7) is 0.362. The number of aromatic amines is 1. The molecule has 1 fully saturated rings. The van der Waals surface area contributed by atoms with Gasteiger partial charge < -0.3 is 5.32 Å². The quantitative estimate of drug-likeness (QED) is 0.905. The van der Waals surface area contributed by atoms with Gasteiger partial charge in [-0.05, 0) is 37.7 Å². The van der Waals surface area contributed by atoms with Crippen LogP contribution in [0.15, 0.2) is 12.4 Å². The maximum absolute atomic E-state index is 12.5. The van der Waals surface area contributed by atoms with Gasteiger partial charge in [-0.1, -0.05) is 19.3 Å². The van der Waals surface area contributed by atoms with E-state index in [1.165, 1.54) is 24.8 Å². The molecule has 6 heteroatoms. The number of carbonyl (C=O) groups is 1. The number of fused-ring (bicyclic) bond motifs is 1. The van der Waals surface area contributed by atoms with E-state index in [9.17, 15) is 4.79 Å². The minimum atomic E-state index is -0.0894. The van der Waals surface area contributed by atoms with Crippen LogP contribution >= 0.6 is 0 Å². The van der Waals surface area contributed by atoms with Crippen molar-refractivity contribution in [3.8, 4) is 0 Å². The SMILES string of the molecule is O=C(NCc1ncc2c(n1)CCC2)c1cn[nH]c1C1CCCCC1. The second-order valence-corrected chi connectivity index (χ2v) is 6.83. The molecule has 0 aliphatic heterocycles. The lowest BCUT2D eigenvalue weighted by molar-refractivity contribution is 0.0948. The van der Waals surface area contributed by atoms with Gasteiger partial charge in [0.2, 0.25) is 0 Å². The summed E-state index contributed by atoms with van der Waals surface area (Å²) in [7, 11) is 0. The first-order chi connectivity index (χ1) is 11.8. The van der Waals surface area contributed by atoms with E-state index >= 15 is 0 Å². The Balaban J connectivity index is 1.42. The molecule has 0 unspecified atom stereocenters. The first-order valence-corrected chi connectivity index (χ1v) is 8.96. The Kier molecular flexibility index (Phi) is 4.28. The number of hydrogen-bond donors (Lipinski definition) is 2. The van der Waals surface area contributed by atoms with E-state index < -0.39 is 0 Å². The Morgan fingerprint density at radius 3 is 2.92 bits per heavy atom. The summed E-state index contributed by atoms with van der Waals surface area (Å²) in [6.07, 6.45) is 12.8. The van der Waals surface area contributed by atoms with Gasteiger partial charge in [0.1, 0.15) is 5.82 Å². The van der Waals surface area contributed by atoms with Crippen molar-refractivity contribution in [3.63, 3.8) is 0 Å². The first kappa shape index (κ1) is 15.3. The number of nitrogens with one attached hydrogen (secondary N) is 2. The monoisotopic (exact) mass is 325 g/mol. The number of nitrogens with zero attached hydrogens (tertiary/aromatic N) is 3. The molecular weight excluding hydrogens is 302 g/mol. The van der Waals surface area contributed by atoms with Crippen LogP contribution in [-0.2, 0) is 19.4 Å². The van der Waals surface area contributed by atoms with Crippen molar-refractivity contribution in [2.75, 3.05) is 0 Å². The van der Waals surface area contributed by atoms with Gasteiger partial charge in [-0.2, -0.15) is 5.10 Å². The van der Waals surface area contributed by atoms with E-state index in [4.69, 9.17) is 0 Å². The highest BCUT2D eigenvalue weighted by molar-refractivity contribution is 5.95. The van der Waals surface area contributed by atoms with E-state index in [1.807, 2.05) is 6.20 Å². The average Bonchev–Trinajstić information content (AvgIpc) is 3.29. The largest absolute Gasteiger partial charge is 0.345 e. The number of amides is 1. The van der Waals surface area contributed by atoms with Gasteiger partial charge >= 0.3 is 0 Å². The first-order valence-electron chi connectivity index (χ1n) is 8.96. The van der Waals surface area contributed by atoms with E-state index in [0.29, 0.717) is 23.9 Å². The van der Waals surface area contributed by atoms with E-state index in [2.05, 4.69) is 25.5 Å². The molecule has 0 spiro atoms. The molecule has 126 valence electrons. The molecule has 2 aliphatic carbocycles. The third-order valence-electron chi connectivity index (χ3n) is 5.20. The summed E-state index contributed by atoms with van der Waals surface area (Å²) in [5, 5.41) is 10.1. The number of rotatable bonds is 4. The highest BCUT2D eigenvalue weighted by Crippen LogP contribution is 2.33. The van der Waals surface area contributed by atoms with Gasteiger partial charge in [0.05, 0.1) is 24.0 Å². The minimum Gasteiger partial charge on any atom is -0.345 e. The second-order valence-electron chi connectivity index (χ2n) is 6.83. The zero-order valence-electron chi connectivity index (χ0n) is 13.8. The van der Waals surface area contributed by atoms with Crippen LogP contribution in [0.3, 0.4) is 0 Å². The average molecular weight is 325 g/mol. The Bertz CT molecular complexity index is 733. The lowest BCUT2D eigenvalue weighted by atomic mass is 9.85. The fourth-order valence-corrected chi connectivity index (χ4v) is 3.87. The summed E-state index contributed by atoms with van der Waals surface area (Å²) < 4.78 is 0. The summed E-state index contributed by atoms with van der Waals surface area (Å²) in [5.74, 6) is 1.03. The van der Waals surface area contributed by atoms with Crippen LogP contribution in [-0.4, -0.2) is 26.1 Å². The van der Waals surface area contributed by atoms with E-state index in [1.54, 1.807) is 6.20 Å². The molecule has 1 amide bonds. The van der Waals surface area contributed by atoms with Crippen LogP contribution in [0.1, 0.15) is 77.6 Å². The van der Waals surface area contributed by atoms with Crippen LogP contribution < -0.4 is 5.32 Å². The van der Waals surface area contributed by atoms with Gasteiger partial charge in [-0.15, -0.1) is 0 Å². The second kappa shape index (κ2) is 6.71. The number of aryl methyl sites for hydroxylation is 2. The van der Waals surface area contributed by atoms with Gasteiger partial charge in [0.25, 0.3) is 5.91 Å². The molecule has 2 aliphatic rings. The Labute approximate surface area is 141 Å². The normalized spacial score (nSPS) is 17.7. The van der Waals surface area contributed by atoms with Crippen LogP contribution in [0.4, 0.5) is 0 Å². The van der Waals surface area contributed by atoms with Crippen molar-refractivity contribution in [3.05, 3.63) is 40.7 Å². The predicted molar refractivity (Wildman–Crippen MR) is 89.6 cm³/mol. The summed E-state index contributed by atoms with van der Waals surface area (Å²) in [6, 6.07) is 0. The van der Waals surface area contributed by atoms with E-state index in [-0.39, 0.29) is 5.91 Å². The summed E-state index contributed by atoms with van der Waals surface area (Å²) in [5.41, 5.74) is 4.05. The summed E-state index contributed by atoms with van der Waals surface area (Å²) in [4.78, 5) is 21.5. The molecule has 1 saturated carbocycles. The lowest BCUT2D eigenvalue weighted by Crippen LogP contribution is -2.25. The van der Waals surface area contributed by atoms with Crippen molar-refractivity contribution >= 4 is 5.91 Å². The van der Waals surface area contributed by atoms with Crippen LogP contribution in [0.5, 0.6) is 0 Å². The topological polar surface area (TPSA) is 83.6 Å². The van der Waals surface area contributed by atoms with Crippen molar-refractivity contribution in [1.82, 2.24) is 25.5 Å². The Morgan fingerprint density at radius 2 is 2.04 bits per heavy atom.